The van der Waals surface area contributed by atoms with Crippen molar-refractivity contribution in [3.8, 4) is 5.75 Å². The highest BCUT2D eigenvalue weighted by Gasteiger charge is 2.31. The van der Waals surface area contributed by atoms with Gasteiger partial charge in [-0.2, -0.15) is 0 Å². The molecule has 25 heavy (non-hydrogen) atoms. The Morgan fingerprint density at radius 3 is 2.72 bits per heavy atom. The lowest BCUT2D eigenvalue weighted by Crippen LogP contribution is -2.37. The fourth-order valence-corrected chi connectivity index (χ4v) is 3.41. The third-order valence-electron chi connectivity index (χ3n) is 2.96. The number of amides is 1. The normalized spacial score (nSPS) is 13.6. The van der Waals surface area contributed by atoms with Crippen molar-refractivity contribution in [3.63, 3.8) is 0 Å². The van der Waals surface area contributed by atoms with Crippen LogP contribution in [-0.4, -0.2) is 43.7 Å². The van der Waals surface area contributed by atoms with Gasteiger partial charge in [-0.25, -0.2) is 13.4 Å². The van der Waals surface area contributed by atoms with Crippen LogP contribution in [0.15, 0.2) is 18.2 Å². The van der Waals surface area contributed by atoms with Crippen LogP contribution in [0.25, 0.3) is 10.2 Å². The molecule has 1 aromatic heterocycles. The molecule has 0 aliphatic rings. The first-order chi connectivity index (χ1) is 11.4. The molecule has 1 atom stereocenters. The molecule has 0 saturated heterocycles. The van der Waals surface area contributed by atoms with E-state index >= 15 is 0 Å². The fraction of sp³-hybridized carbons (Fsp3) is 0.385. The molecular formula is C13H14F3N3O4S2. The molecule has 1 aromatic carbocycles. The molecule has 0 bridgehead atoms. The average molecular weight is 397 g/mol. The van der Waals surface area contributed by atoms with E-state index in [1.807, 2.05) is 0 Å². The minimum Gasteiger partial charge on any atom is -0.406 e. The highest BCUT2D eigenvalue weighted by atomic mass is 32.2. The smallest absolute Gasteiger partial charge is 0.406 e. The molecular weight excluding hydrogens is 383 g/mol. The molecule has 0 spiro atoms. The van der Waals surface area contributed by atoms with E-state index < -0.39 is 33.9 Å². The standard InChI is InChI=1S/C13H14F3N3O4S2/c1-25(21,22)5-4-8(17)11(20)19-12-18-9-3-2-7(6-10(9)24-12)23-13(14,15)16/h2-3,6,8H,4-5,17H2,1H3,(H,18,19,20). The van der Waals surface area contributed by atoms with E-state index in [2.05, 4.69) is 15.0 Å². The second-order valence-electron chi connectivity index (χ2n) is 5.21. The Bertz CT molecular complexity index is 880. The summed E-state index contributed by atoms with van der Waals surface area (Å²) in [6.45, 7) is 0. The van der Waals surface area contributed by atoms with Crippen LogP contribution in [0, 0.1) is 0 Å². The van der Waals surface area contributed by atoms with Gasteiger partial charge in [0.15, 0.2) is 5.13 Å². The monoisotopic (exact) mass is 397 g/mol. The van der Waals surface area contributed by atoms with Gasteiger partial charge in [0.1, 0.15) is 15.6 Å². The quantitative estimate of drug-likeness (QED) is 0.770. The van der Waals surface area contributed by atoms with Crippen LogP contribution in [0.4, 0.5) is 18.3 Å². The molecule has 0 saturated carbocycles. The van der Waals surface area contributed by atoms with Crippen molar-refractivity contribution >= 4 is 42.4 Å². The number of nitrogens with two attached hydrogens (primary N) is 1. The van der Waals surface area contributed by atoms with E-state index in [9.17, 15) is 26.4 Å². The van der Waals surface area contributed by atoms with Gasteiger partial charge in [-0.1, -0.05) is 11.3 Å². The van der Waals surface area contributed by atoms with Gasteiger partial charge in [-0.3, -0.25) is 4.79 Å². The molecule has 0 fully saturated rings. The van der Waals surface area contributed by atoms with Crippen LogP contribution in [0.3, 0.4) is 0 Å². The van der Waals surface area contributed by atoms with E-state index in [0.29, 0.717) is 10.2 Å². The highest BCUT2D eigenvalue weighted by Crippen LogP contribution is 2.31. The number of carbonyl (C=O) groups excluding carboxylic acids is 1. The summed E-state index contributed by atoms with van der Waals surface area (Å²) in [5.41, 5.74) is 5.99. The predicted octanol–water partition coefficient (Wildman–Crippen LogP) is 1.90. The van der Waals surface area contributed by atoms with Crippen molar-refractivity contribution in [1.82, 2.24) is 4.98 Å². The maximum Gasteiger partial charge on any atom is 0.573 e. The first-order valence-electron chi connectivity index (χ1n) is 6.83. The van der Waals surface area contributed by atoms with Gasteiger partial charge in [0.05, 0.1) is 22.0 Å². The second-order valence-corrected chi connectivity index (χ2v) is 8.50. The number of rotatable bonds is 6. The minimum absolute atomic E-state index is 0.0564. The number of alkyl halides is 3. The number of nitrogens with zero attached hydrogens (tertiary/aromatic N) is 1. The summed E-state index contributed by atoms with van der Waals surface area (Å²) in [5.74, 6) is -1.26. The number of sulfone groups is 1. The number of carbonyl (C=O) groups is 1. The van der Waals surface area contributed by atoms with Gasteiger partial charge in [-0.05, 0) is 18.6 Å². The number of hydrogen-bond donors (Lipinski definition) is 2. The van der Waals surface area contributed by atoms with Crippen molar-refractivity contribution in [1.29, 1.82) is 0 Å². The van der Waals surface area contributed by atoms with Crippen LogP contribution in [0.2, 0.25) is 0 Å². The average Bonchev–Trinajstić information content (AvgIpc) is 2.83. The molecule has 1 amide bonds. The maximum atomic E-state index is 12.2. The van der Waals surface area contributed by atoms with Gasteiger partial charge in [-0.15, -0.1) is 13.2 Å². The largest absolute Gasteiger partial charge is 0.573 e. The molecule has 0 radical (unpaired) electrons. The van der Waals surface area contributed by atoms with E-state index in [1.54, 1.807) is 0 Å². The summed E-state index contributed by atoms with van der Waals surface area (Å²) < 4.78 is 63.0. The molecule has 12 heteroatoms. The van der Waals surface area contributed by atoms with Crippen LogP contribution in [0.1, 0.15) is 6.42 Å². The SMILES string of the molecule is CS(=O)(=O)CCC(N)C(=O)Nc1nc2ccc(OC(F)(F)F)cc2s1. The summed E-state index contributed by atoms with van der Waals surface area (Å²) in [6, 6.07) is 2.54. The summed E-state index contributed by atoms with van der Waals surface area (Å²) >= 11 is 0.943. The number of benzene rings is 1. The van der Waals surface area contributed by atoms with Crippen LogP contribution in [-0.2, 0) is 14.6 Å². The van der Waals surface area contributed by atoms with Crippen molar-refractivity contribution in [2.24, 2.45) is 5.73 Å². The number of halogens is 3. The molecule has 1 heterocycles. The van der Waals surface area contributed by atoms with Crippen LogP contribution in [0.5, 0.6) is 5.75 Å². The first kappa shape index (κ1) is 19.4. The fourth-order valence-electron chi connectivity index (χ4n) is 1.83. The first-order valence-corrected chi connectivity index (χ1v) is 9.71. The topological polar surface area (TPSA) is 111 Å². The third kappa shape index (κ3) is 6.14. The van der Waals surface area contributed by atoms with Gasteiger partial charge < -0.3 is 15.8 Å². The molecule has 0 aliphatic carbocycles. The Labute approximate surface area is 144 Å². The van der Waals surface area contributed by atoms with E-state index in [1.165, 1.54) is 6.07 Å². The lowest BCUT2D eigenvalue weighted by molar-refractivity contribution is -0.274. The number of thiazole rings is 1. The molecule has 1 unspecified atom stereocenters. The lowest BCUT2D eigenvalue weighted by atomic mass is 10.2. The zero-order chi connectivity index (χ0) is 18.8. The summed E-state index contributed by atoms with van der Waals surface area (Å²) in [7, 11) is -3.24. The van der Waals surface area contributed by atoms with Crippen molar-refractivity contribution < 1.29 is 31.1 Å². The summed E-state index contributed by atoms with van der Waals surface area (Å²) in [5, 5.41) is 2.56. The van der Waals surface area contributed by atoms with E-state index in [0.717, 1.165) is 29.7 Å². The number of nitrogens with one attached hydrogen (secondary N) is 1. The molecule has 2 rings (SSSR count). The van der Waals surface area contributed by atoms with E-state index in [-0.39, 0.29) is 17.3 Å². The number of anilines is 1. The minimum atomic E-state index is -4.80. The number of hydrogen-bond acceptors (Lipinski definition) is 7. The van der Waals surface area contributed by atoms with Gasteiger partial charge >= 0.3 is 6.36 Å². The van der Waals surface area contributed by atoms with Crippen molar-refractivity contribution in [3.05, 3.63) is 18.2 Å². The Kier molecular flexibility index (Phi) is 5.54. The molecule has 0 aliphatic heterocycles. The number of ether oxygens (including phenoxy) is 1. The van der Waals surface area contributed by atoms with Gasteiger partial charge in [0.2, 0.25) is 5.91 Å². The van der Waals surface area contributed by atoms with Gasteiger partial charge in [0, 0.05) is 12.3 Å². The second kappa shape index (κ2) is 7.14. The Hall–Kier alpha value is -1.92. The van der Waals surface area contributed by atoms with Crippen LogP contribution >= 0.6 is 11.3 Å². The molecule has 7 nitrogen and oxygen atoms in total. The Balaban J connectivity index is 2.07. The zero-order valence-corrected chi connectivity index (χ0v) is 14.5. The number of aromatic nitrogens is 1. The third-order valence-corrected chi connectivity index (χ3v) is 4.87. The summed E-state index contributed by atoms with van der Waals surface area (Å²) in [4.78, 5) is 16.0. The lowest BCUT2D eigenvalue weighted by Gasteiger charge is -2.09. The zero-order valence-electron chi connectivity index (χ0n) is 12.8. The Morgan fingerprint density at radius 1 is 1.44 bits per heavy atom. The molecule has 138 valence electrons. The van der Waals surface area contributed by atoms with Gasteiger partial charge in [0.25, 0.3) is 0 Å². The summed E-state index contributed by atoms with van der Waals surface area (Å²) in [6.07, 6.45) is -3.83. The molecule has 2 aromatic rings. The van der Waals surface area contributed by atoms with Crippen molar-refractivity contribution in [2.45, 2.75) is 18.8 Å². The predicted molar refractivity (Wildman–Crippen MR) is 87.2 cm³/mol. The van der Waals surface area contributed by atoms with E-state index in [4.69, 9.17) is 5.73 Å². The Morgan fingerprint density at radius 2 is 2.12 bits per heavy atom. The highest BCUT2D eigenvalue weighted by molar-refractivity contribution is 7.90. The maximum absolute atomic E-state index is 12.2. The number of fused-ring (bicyclic) bond motifs is 1. The molecule has 3 N–H and O–H groups in total. The van der Waals surface area contributed by atoms with Crippen molar-refractivity contribution in [2.75, 3.05) is 17.3 Å². The van der Waals surface area contributed by atoms with Crippen LogP contribution < -0.4 is 15.8 Å².